The Kier molecular flexibility index (Phi) is 30.0. The smallest absolute Gasteiger partial charge is 0.560 e. The molecule has 27 heteroatoms. The summed E-state index contributed by atoms with van der Waals surface area (Å²) in [5, 5.41) is 28.0. The minimum absolute atomic E-state index is 0.0550. The Balaban J connectivity index is 0.000000244. The van der Waals surface area contributed by atoms with E-state index in [0.717, 1.165) is 147 Å². The van der Waals surface area contributed by atoms with E-state index >= 15 is 0 Å². The van der Waals surface area contributed by atoms with Crippen molar-refractivity contribution in [2.45, 2.75) is 192 Å². The first-order chi connectivity index (χ1) is 50.6. The zero-order valence-electron chi connectivity index (χ0n) is 63.1. The lowest BCUT2D eigenvalue weighted by Crippen LogP contribution is -2.35. The van der Waals surface area contributed by atoms with E-state index in [0.29, 0.717) is 53.1 Å². The number of para-hydroxylation sites is 4. The molecule has 0 amide bonds. The monoisotopic (exact) mass is 1580 g/mol. The van der Waals surface area contributed by atoms with Gasteiger partial charge in [-0.1, -0.05) is 183 Å². The van der Waals surface area contributed by atoms with E-state index in [1.807, 2.05) is 48.6 Å². The van der Waals surface area contributed by atoms with Crippen LogP contribution < -0.4 is 29.9 Å². The van der Waals surface area contributed by atoms with Gasteiger partial charge in [0.2, 0.25) is 11.4 Å². The van der Waals surface area contributed by atoms with Crippen molar-refractivity contribution in [3.8, 4) is 0 Å². The van der Waals surface area contributed by atoms with Gasteiger partial charge in [0.15, 0.2) is 12.8 Å². The number of allylic oxidation sites excluding steroid dienone is 16. The Morgan fingerprint density at radius 3 is 1.33 bits per heavy atom. The molecule has 107 heavy (non-hydrogen) atoms. The van der Waals surface area contributed by atoms with E-state index < -0.39 is 36.5 Å². The molecule has 0 bridgehead atoms. The molecule has 1 N–H and O–H groups in total. The van der Waals surface area contributed by atoms with Crippen LogP contribution in [-0.4, -0.2) is 99.6 Å². The van der Waals surface area contributed by atoms with Gasteiger partial charge in [0.1, 0.15) is 6.54 Å². The van der Waals surface area contributed by atoms with Crippen molar-refractivity contribution in [3.05, 3.63) is 212 Å². The van der Waals surface area contributed by atoms with Crippen LogP contribution in [0.15, 0.2) is 190 Å². The Morgan fingerprint density at radius 2 is 0.925 bits per heavy atom. The Bertz CT molecular complexity index is 4380. The number of anilines is 3. The fourth-order valence-electron chi connectivity index (χ4n) is 15.1. The van der Waals surface area contributed by atoms with Crippen LogP contribution in [0.5, 0.6) is 0 Å². The van der Waals surface area contributed by atoms with Crippen molar-refractivity contribution < 1.29 is 81.0 Å². The molecule has 0 spiro atoms. The zero-order chi connectivity index (χ0) is 78.3. The molecule has 0 atom stereocenters. The first-order valence-corrected chi connectivity index (χ1v) is 41.5. The molecule has 2 aliphatic carbocycles. The molecule has 4 aromatic carbocycles. The molecule has 4 heterocycles. The summed E-state index contributed by atoms with van der Waals surface area (Å²) >= 11 is 9.10. The number of unbranched alkanes of at least 4 members (excludes halogenated alkanes) is 6. The van der Waals surface area contributed by atoms with E-state index in [2.05, 4.69) is 198 Å². The summed E-state index contributed by atoms with van der Waals surface area (Å²) in [6.45, 7) is 25.6. The number of alkyl halides is 6. The number of rotatable bonds is 29. The minimum atomic E-state index is -5.68. The van der Waals surface area contributed by atoms with Crippen molar-refractivity contribution >= 4 is 89.9 Å². The standard InChI is InChI=1S/C40H50F3N3O5S2.C38H47ClN2O3S.C2H4F3NO2S/c1-7-8-13-26-45-33-18-11-9-16-31(33)38(2,3)35(45)24-22-29-20-21-30(37(29)44(6)53(48,49)40(41,42)43)23-25-36-39(4,5)32-17-10-12-19-34(32)46(36)27-14-15-28-52-51-50-47;1-6-7-12-25-40-32-17-10-8-15-30(32)37(2,3)34(40)23-21-28-19-20-29(36(28)39)22-24-35-38(4,5)31-16-9-11-18-33(31)41(35)26-13-14-27-45-44-43-42;1-6-9(7,8)2(3,4)5/h9-12,16-19,22-25H,7-8,13-15,20-21,26-28H2,1-6H3;8-11,15-18,21-24H,6-7,12-14,19-20,25-27H2,1-5H3;6H,1H3. The normalized spacial score (nSPS) is 20.7. The quantitative estimate of drug-likeness (QED) is 0.0135. The number of nitrogens with zero attached hydrogens (tertiary/aromatic N) is 5. The van der Waals surface area contributed by atoms with Gasteiger partial charge < -0.3 is 25.2 Å². The molecular formula is C80H101ClF6N6O10S4. The van der Waals surface area contributed by atoms with Gasteiger partial charge in [-0.25, -0.2) is 13.1 Å². The number of nitrogens with one attached hydrogen (secondary N) is 1. The second-order valence-electron chi connectivity index (χ2n) is 29.1. The zero-order valence-corrected chi connectivity index (χ0v) is 67.1. The molecule has 4 aromatic rings. The summed E-state index contributed by atoms with van der Waals surface area (Å²) in [7, 11) is -9.07. The second-order valence-corrected chi connectivity index (χ2v) is 34.9. The summed E-state index contributed by atoms with van der Waals surface area (Å²) in [5.74, 6) is 1.27. The highest BCUT2D eigenvalue weighted by atomic mass is 35.5. The summed E-state index contributed by atoms with van der Waals surface area (Å²) in [6.07, 6.45) is 29.5. The van der Waals surface area contributed by atoms with Crippen LogP contribution >= 0.6 is 35.7 Å². The van der Waals surface area contributed by atoms with Crippen LogP contribution in [0.4, 0.5) is 49.1 Å². The molecule has 1 saturated carbocycles. The second kappa shape index (κ2) is 37.2. The third-order valence-electron chi connectivity index (χ3n) is 20.8. The number of hydrogen-bond acceptors (Lipinski definition) is 15. The van der Waals surface area contributed by atoms with Gasteiger partial charge in [-0.3, -0.25) is 10.1 Å². The van der Waals surface area contributed by atoms with Crippen LogP contribution in [0.1, 0.15) is 181 Å². The van der Waals surface area contributed by atoms with Gasteiger partial charge in [-0.05, 0) is 149 Å². The highest BCUT2D eigenvalue weighted by Crippen LogP contribution is 2.52. The minimum Gasteiger partial charge on any atom is -0.691 e. The molecule has 4 aliphatic heterocycles. The summed E-state index contributed by atoms with van der Waals surface area (Å²) in [6, 6.07) is 33.9. The Labute approximate surface area is 642 Å². The fraction of sp³-hybridized carbons (Fsp3) is 0.475. The predicted molar refractivity (Wildman–Crippen MR) is 416 cm³/mol. The van der Waals surface area contributed by atoms with Crippen LogP contribution in [0.3, 0.4) is 0 Å². The molecule has 0 aromatic heterocycles. The van der Waals surface area contributed by atoms with Crippen LogP contribution in [0, 0.1) is 0 Å². The largest absolute Gasteiger partial charge is 0.691 e. The number of benzene rings is 4. The third-order valence-corrected chi connectivity index (χ3v) is 25.2. The lowest BCUT2D eigenvalue weighted by Gasteiger charge is -2.27. The average molecular weight is 1580 g/mol. The maximum absolute atomic E-state index is 14.1. The molecule has 0 saturated heterocycles. The van der Waals surface area contributed by atoms with Crippen LogP contribution in [-0.2, 0) is 60.5 Å². The van der Waals surface area contributed by atoms with E-state index in [-0.39, 0.29) is 22.0 Å². The summed E-state index contributed by atoms with van der Waals surface area (Å²) < 4.78 is 134. The highest BCUT2D eigenvalue weighted by molar-refractivity contribution is 7.94. The van der Waals surface area contributed by atoms with Gasteiger partial charge in [0.25, 0.3) is 0 Å². The number of halogens is 7. The highest BCUT2D eigenvalue weighted by Gasteiger charge is 2.56. The van der Waals surface area contributed by atoms with Crippen molar-refractivity contribution in [1.29, 1.82) is 0 Å². The molecular weight excluding hydrogens is 1480 g/mol. The number of hydrogen-bond donors (Lipinski definition) is 1. The molecule has 6 aliphatic rings. The molecule has 10 rings (SSSR count). The van der Waals surface area contributed by atoms with Crippen LogP contribution in [0.2, 0.25) is 0 Å². The van der Waals surface area contributed by atoms with Crippen molar-refractivity contribution in [2.75, 3.05) is 66.5 Å². The van der Waals surface area contributed by atoms with Gasteiger partial charge in [-0.15, -0.1) is 3.98 Å². The molecule has 0 radical (unpaired) electrons. The maximum atomic E-state index is 14.1. The summed E-state index contributed by atoms with van der Waals surface area (Å²) in [5.41, 5.74) is 6.25. The van der Waals surface area contributed by atoms with E-state index in [9.17, 15) is 53.7 Å². The summed E-state index contributed by atoms with van der Waals surface area (Å²) in [4.78, 5) is 6.95. The first kappa shape index (κ1) is 86.3. The molecule has 1 fully saturated rings. The Hall–Kier alpha value is -6.27. The fourth-order valence-corrected chi connectivity index (χ4v) is 17.3. The van der Waals surface area contributed by atoms with Gasteiger partial charge in [0.05, 0.1) is 5.41 Å². The predicted octanol–water partition coefficient (Wildman–Crippen LogP) is 18.2. The molecule has 584 valence electrons. The van der Waals surface area contributed by atoms with E-state index in [1.54, 1.807) is 6.08 Å². The van der Waals surface area contributed by atoms with E-state index in [4.69, 9.17) is 11.6 Å². The van der Waals surface area contributed by atoms with Gasteiger partial charge in [-0.2, -0.15) is 48.0 Å². The Morgan fingerprint density at radius 1 is 0.533 bits per heavy atom. The van der Waals surface area contributed by atoms with Gasteiger partial charge in [0, 0.05) is 146 Å². The van der Waals surface area contributed by atoms with Crippen molar-refractivity contribution in [3.63, 3.8) is 0 Å². The SMILES string of the molecule is CCCCCN1/C(=C/C=C2\CCC(=CC=C3N(CCCCSOO[O-])c4ccccc4C3(C)C)C2=[N+](C)S(=O)(=O)C(F)(F)F)C(C)(C)c2ccccc21.CCCCC[N+]1=C(C=CC2=C(Cl)C(=CC=C3N(CCCCSOO[O-])c4ccccc4C3(C)C)CC2)C(C)(C)c2ccccc21.CNS(=O)(=O)C(F)(F)F. The average Bonchev–Trinajstić information content (AvgIpc) is 1.62. The third kappa shape index (κ3) is 19.6. The first-order valence-electron chi connectivity index (χ1n) is 36.4. The molecule has 16 nitrogen and oxygen atoms in total. The lowest BCUT2D eigenvalue weighted by atomic mass is 9.81. The van der Waals surface area contributed by atoms with Crippen LogP contribution in [0.25, 0.3) is 0 Å². The van der Waals surface area contributed by atoms with E-state index in [1.165, 1.54) is 69.9 Å². The lowest BCUT2D eigenvalue weighted by molar-refractivity contribution is -0.777. The number of fused-ring (bicyclic) bond motifs is 4. The number of sulfonamides is 2. The van der Waals surface area contributed by atoms with Crippen molar-refractivity contribution in [2.24, 2.45) is 0 Å². The topological polar surface area (TPSA) is 179 Å². The van der Waals surface area contributed by atoms with Crippen molar-refractivity contribution in [1.82, 2.24) is 4.72 Å². The van der Waals surface area contributed by atoms with Gasteiger partial charge >= 0.3 is 31.1 Å². The molecule has 0 unspecified atom stereocenters. The maximum Gasteiger partial charge on any atom is 0.560 e.